The van der Waals surface area contributed by atoms with Gasteiger partial charge in [0.05, 0.1) is 24.7 Å². The molecule has 6 heteroatoms. The zero-order valence-electron chi connectivity index (χ0n) is 15.1. The van der Waals surface area contributed by atoms with Crippen molar-refractivity contribution in [3.05, 3.63) is 41.2 Å². The number of piperazine rings is 1. The second-order valence-electron chi connectivity index (χ2n) is 7.45. The Morgan fingerprint density at radius 2 is 1.96 bits per heavy atom. The quantitative estimate of drug-likeness (QED) is 0.700. The van der Waals surface area contributed by atoms with E-state index in [9.17, 15) is 0 Å². The molecular weight excluding hydrogens is 342 g/mol. The minimum absolute atomic E-state index is 0.789. The lowest BCUT2D eigenvalue weighted by molar-refractivity contribution is -0.364. The number of anilines is 2. The number of aromatic nitrogens is 3. The van der Waals surface area contributed by atoms with Crippen LogP contribution in [0.15, 0.2) is 30.7 Å². The van der Waals surface area contributed by atoms with Gasteiger partial charge in [-0.2, -0.15) is 0 Å². The van der Waals surface area contributed by atoms with E-state index in [1.54, 1.807) is 6.33 Å². The molecule has 0 radical (unpaired) electrons. The molecule has 0 aromatic carbocycles. The standard InChI is InChI=1S/C20H23N5S/c1-14-5-6-15-16(12-14)26-20-18(15)19(22-13-23-20)25-10-8-24(9-11-25)17-4-2-3-7-21-17/h2-4,7,13-14H,5-6,8-12H2,1H3/p+1/t14-/m0/s1. The number of aromatic amines is 1. The van der Waals surface area contributed by atoms with Crippen LogP contribution in [0.1, 0.15) is 23.8 Å². The molecule has 1 atom stereocenters. The normalized spacial score (nSPS) is 20.4. The monoisotopic (exact) mass is 366 g/mol. The summed E-state index contributed by atoms with van der Waals surface area (Å²) in [4.78, 5) is 20.2. The molecule has 1 saturated heterocycles. The lowest BCUT2D eigenvalue weighted by Gasteiger charge is -2.32. The summed E-state index contributed by atoms with van der Waals surface area (Å²) in [5.41, 5.74) is 1.53. The lowest BCUT2D eigenvalue weighted by atomic mass is 9.89. The zero-order chi connectivity index (χ0) is 17.5. The third-order valence-corrected chi connectivity index (χ3v) is 6.85. The van der Waals surface area contributed by atoms with Crippen molar-refractivity contribution < 1.29 is 4.98 Å². The van der Waals surface area contributed by atoms with Crippen LogP contribution in [-0.4, -0.2) is 36.1 Å². The van der Waals surface area contributed by atoms with Crippen LogP contribution in [0.25, 0.3) is 10.2 Å². The molecule has 0 saturated carbocycles. The van der Waals surface area contributed by atoms with Gasteiger partial charge >= 0.3 is 0 Å². The second kappa shape index (κ2) is 6.50. The van der Waals surface area contributed by atoms with E-state index < -0.39 is 0 Å². The van der Waals surface area contributed by atoms with Crippen LogP contribution in [-0.2, 0) is 12.8 Å². The second-order valence-corrected chi connectivity index (χ2v) is 8.53. The van der Waals surface area contributed by atoms with Crippen molar-refractivity contribution in [1.82, 2.24) is 9.97 Å². The van der Waals surface area contributed by atoms with Crippen molar-refractivity contribution in [2.24, 2.45) is 5.92 Å². The molecule has 2 aliphatic rings. The molecule has 1 aliphatic carbocycles. The minimum atomic E-state index is 0.789. The predicted molar refractivity (Wildman–Crippen MR) is 106 cm³/mol. The summed E-state index contributed by atoms with van der Waals surface area (Å²) < 4.78 is 0. The Balaban J connectivity index is 1.43. The highest BCUT2D eigenvalue weighted by Crippen LogP contribution is 2.40. The van der Waals surface area contributed by atoms with Crippen LogP contribution in [0.2, 0.25) is 0 Å². The number of hydrogen-bond donors (Lipinski definition) is 0. The molecular formula is C20H24N5S+. The topological polar surface area (TPSA) is 46.4 Å². The van der Waals surface area contributed by atoms with Crippen LogP contribution in [0, 0.1) is 5.92 Å². The molecule has 134 valence electrons. The molecule has 0 unspecified atom stereocenters. The van der Waals surface area contributed by atoms with Crippen molar-refractivity contribution in [3.8, 4) is 0 Å². The van der Waals surface area contributed by atoms with E-state index in [0.29, 0.717) is 0 Å². The molecule has 5 nitrogen and oxygen atoms in total. The van der Waals surface area contributed by atoms with Gasteiger partial charge < -0.3 is 4.90 Å². The highest BCUT2D eigenvalue weighted by Gasteiger charge is 2.28. The summed E-state index contributed by atoms with van der Waals surface area (Å²) in [5.74, 6) is 3.14. The SMILES string of the molecule is C[C@H]1CCc2c(sc3ncnc(N4CCN(c5cccc[nH+]5)CC4)c23)C1. The van der Waals surface area contributed by atoms with Crippen molar-refractivity contribution in [1.29, 1.82) is 0 Å². The van der Waals surface area contributed by atoms with Gasteiger partial charge in [0.15, 0.2) is 0 Å². The average Bonchev–Trinajstić information content (AvgIpc) is 3.06. The van der Waals surface area contributed by atoms with Gasteiger partial charge in [-0.15, -0.1) is 11.3 Å². The van der Waals surface area contributed by atoms with E-state index in [0.717, 1.165) is 37.9 Å². The first-order valence-corrected chi connectivity index (χ1v) is 10.3. The Bertz CT molecular complexity index is 915. The van der Waals surface area contributed by atoms with Crippen LogP contribution in [0.5, 0.6) is 0 Å². The molecule has 0 amide bonds. The number of aryl methyl sites for hydroxylation is 1. The number of nitrogens with one attached hydrogen (secondary N) is 1. The molecule has 4 heterocycles. The Kier molecular flexibility index (Phi) is 4.00. The first kappa shape index (κ1) is 16.0. The molecule has 1 fully saturated rings. The summed E-state index contributed by atoms with van der Waals surface area (Å²) in [7, 11) is 0. The van der Waals surface area contributed by atoms with Gasteiger partial charge in [0, 0.05) is 10.9 Å². The molecule has 26 heavy (non-hydrogen) atoms. The Morgan fingerprint density at radius 1 is 1.12 bits per heavy atom. The maximum Gasteiger partial charge on any atom is 0.274 e. The fraction of sp³-hybridized carbons (Fsp3) is 0.450. The highest BCUT2D eigenvalue weighted by molar-refractivity contribution is 7.19. The van der Waals surface area contributed by atoms with Crippen LogP contribution < -0.4 is 14.8 Å². The smallest absolute Gasteiger partial charge is 0.274 e. The molecule has 5 rings (SSSR count). The summed E-state index contributed by atoms with van der Waals surface area (Å²) in [6, 6.07) is 6.26. The van der Waals surface area contributed by atoms with Gasteiger partial charge in [-0.1, -0.05) is 13.0 Å². The predicted octanol–water partition coefficient (Wildman–Crippen LogP) is 2.96. The van der Waals surface area contributed by atoms with Gasteiger partial charge in [-0.25, -0.2) is 15.0 Å². The van der Waals surface area contributed by atoms with Gasteiger partial charge in [-0.05, 0) is 36.8 Å². The average molecular weight is 367 g/mol. The van der Waals surface area contributed by atoms with E-state index in [4.69, 9.17) is 4.98 Å². The van der Waals surface area contributed by atoms with E-state index >= 15 is 0 Å². The molecule has 3 aromatic heterocycles. The molecule has 1 aliphatic heterocycles. The van der Waals surface area contributed by atoms with E-state index in [2.05, 4.69) is 38.8 Å². The zero-order valence-corrected chi connectivity index (χ0v) is 15.9. The van der Waals surface area contributed by atoms with Crippen molar-refractivity contribution >= 4 is 33.2 Å². The number of thiophene rings is 1. The van der Waals surface area contributed by atoms with Gasteiger partial charge in [-0.3, -0.25) is 4.90 Å². The van der Waals surface area contributed by atoms with E-state index in [1.807, 2.05) is 23.6 Å². The van der Waals surface area contributed by atoms with E-state index in [-0.39, 0.29) is 0 Å². The summed E-state index contributed by atoms with van der Waals surface area (Å²) in [6.07, 6.45) is 7.41. The van der Waals surface area contributed by atoms with Crippen molar-refractivity contribution in [2.75, 3.05) is 36.0 Å². The number of nitrogens with zero attached hydrogens (tertiary/aromatic N) is 4. The fourth-order valence-corrected chi connectivity index (χ4v) is 5.58. The van der Waals surface area contributed by atoms with Crippen LogP contribution >= 0.6 is 11.3 Å². The Hall–Kier alpha value is -2.21. The van der Waals surface area contributed by atoms with Gasteiger partial charge in [0.1, 0.15) is 30.1 Å². The molecule has 1 N–H and O–H groups in total. The van der Waals surface area contributed by atoms with Gasteiger partial charge in [0.2, 0.25) is 0 Å². The Morgan fingerprint density at radius 3 is 2.77 bits per heavy atom. The minimum Gasteiger partial charge on any atom is -0.348 e. The van der Waals surface area contributed by atoms with Crippen LogP contribution in [0.4, 0.5) is 11.6 Å². The highest BCUT2D eigenvalue weighted by atomic mass is 32.1. The molecule has 0 bridgehead atoms. The molecule has 0 spiro atoms. The number of hydrogen-bond acceptors (Lipinski definition) is 5. The first-order chi connectivity index (χ1) is 12.8. The maximum atomic E-state index is 4.72. The third kappa shape index (κ3) is 2.72. The lowest BCUT2D eigenvalue weighted by Crippen LogP contribution is -2.48. The summed E-state index contributed by atoms with van der Waals surface area (Å²) in [5, 5.41) is 1.33. The summed E-state index contributed by atoms with van der Waals surface area (Å²) in [6.45, 7) is 6.37. The van der Waals surface area contributed by atoms with Crippen LogP contribution in [0.3, 0.4) is 0 Å². The number of pyridine rings is 1. The van der Waals surface area contributed by atoms with Gasteiger partial charge in [0.25, 0.3) is 5.82 Å². The third-order valence-electron chi connectivity index (χ3n) is 5.68. The first-order valence-electron chi connectivity index (χ1n) is 9.51. The number of fused-ring (bicyclic) bond motifs is 3. The largest absolute Gasteiger partial charge is 0.348 e. The fourth-order valence-electron chi connectivity index (χ4n) is 4.24. The number of rotatable bonds is 2. The Labute approximate surface area is 157 Å². The summed E-state index contributed by atoms with van der Waals surface area (Å²) >= 11 is 1.89. The maximum absolute atomic E-state index is 4.72. The van der Waals surface area contributed by atoms with E-state index in [1.165, 1.54) is 45.7 Å². The number of H-pyrrole nitrogens is 1. The molecule has 3 aromatic rings. The van der Waals surface area contributed by atoms with Crippen molar-refractivity contribution in [3.63, 3.8) is 0 Å². The van der Waals surface area contributed by atoms with Crippen molar-refractivity contribution in [2.45, 2.75) is 26.2 Å².